The SMILES string of the molecule is CC1(C)CCC(C)(C)c2cc(N3c4cc5c(cc4B4c6ccc7sc8ccccc8c7c6N(c6ccccc6-c6ccccc6)c6cc(C7CCCCC7)cc3c64)C(C)(C)CCC5(C)C)ccc21. The predicted octanol–water partition coefficient (Wildman–Crippen LogP) is 16.5. The summed E-state index contributed by atoms with van der Waals surface area (Å²) < 4.78 is 2.70. The number of hydrogen-bond donors (Lipinski definition) is 0. The third kappa shape index (κ3) is 6.27. The fourth-order valence-corrected chi connectivity index (χ4v) is 14.9. The average Bonchev–Trinajstić information content (AvgIpc) is 3.73. The van der Waals surface area contributed by atoms with Gasteiger partial charge in [-0.05, 0) is 164 Å². The number of hydrogen-bond acceptors (Lipinski definition) is 3. The molecule has 340 valence electrons. The van der Waals surface area contributed by atoms with E-state index in [0.29, 0.717) is 5.92 Å². The highest BCUT2D eigenvalue weighted by molar-refractivity contribution is 7.26. The third-order valence-electron chi connectivity index (χ3n) is 18.0. The summed E-state index contributed by atoms with van der Waals surface area (Å²) in [5.41, 5.74) is 22.7. The van der Waals surface area contributed by atoms with Crippen LogP contribution in [0.5, 0.6) is 0 Å². The summed E-state index contributed by atoms with van der Waals surface area (Å²) in [5.74, 6) is 0.518. The van der Waals surface area contributed by atoms with E-state index < -0.39 is 0 Å². The minimum Gasteiger partial charge on any atom is -0.311 e. The number of thiophene rings is 1. The van der Waals surface area contributed by atoms with E-state index in [1.165, 1.54) is 167 Å². The molecule has 3 heterocycles. The van der Waals surface area contributed by atoms with E-state index >= 15 is 0 Å². The van der Waals surface area contributed by atoms with Crippen LogP contribution in [0.25, 0.3) is 31.3 Å². The van der Waals surface area contributed by atoms with Gasteiger partial charge in [0.05, 0.1) is 11.4 Å². The molecule has 0 unspecified atom stereocenters. The van der Waals surface area contributed by atoms with Crippen molar-refractivity contribution in [2.75, 3.05) is 9.80 Å². The maximum atomic E-state index is 2.78. The number of nitrogens with zero attached hydrogens (tertiary/aromatic N) is 2. The number of anilines is 6. The van der Waals surface area contributed by atoms with Gasteiger partial charge in [0.25, 0.3) is 6.71 Å². The molecule has 3 aliphatic carbocycles. The molecule has 1 saturated carbocycles. The molecular formula is C64H65BN2S. The molecule has 5 aliphatic rings. The lowest BCUT2D eigenvalue weighted by molar-refractivity contribution is 0.332. The number of rotatable bonds is 4. The first-order valence-electron chi connectivity index (χ1n) is 25.9. The molecule has 1 aromatic heterocycles. The molecule has 0 atom stereocenters. The molecule has 4 heteroatoms. The minimum atomic E-state index is 0.0454. The van der Waals surface area contributed by atoms with Crippen molar-refractivity contribution in [2.24, 2.45) is 0 Å². The Bertz CT molecular complexity index is 3360. The van der Waals surface area contributed by atoms with Crippen molar-refractivity contribution < 1.29 is 0 Å². The molecule has 13 rings (SSSR count). The fraction of sp³-hybridized carbons (Fsp3) is 0.344. The highest BCUT2D eigenvalue weighted by atomic mass is 32.1. The van der Waals surface area contributed by atoms with Crippen LogP contribution in [-0.4, -0.2) is 6.71 Å². The van der Waals surface area contributed by atoms with Gasteiger partial charge >= 0.3 is 0 Å². The Kier molecular flexibility index (Phi) is 9.36. The summed E-state index contributed by atoms with van der Waals surface area (Å²) in [5, 5.41) is 2.73. The Morgan fingerprint density at radius 2 is 1.10 bits per heavy atom. The first-order chi connectivity index (χ1) is 32.7. The molecule has 0 bridgehead atoms. The normalized spacial score (nSPS) is 19.6. The first-order valence-corrected chi connectivity index (χ1v) is 26.7. The van der Waals surface area contributed by atoms with Crippen molar-refractivity contribution in [1.82, 2.24) is 0 Å². The summed E-state index contributed by atoms with van der Waals surface area (Å²) in [7, 11) is 0. The molecule has 0 saturated heterocycles. The molecule has 2 aliphatic heterocycles. The number of para-hydroxylation sites is 1. The molecule has 68 heavy (non-hydrogen) atoms. The molecule has 1 fully saturated rings. The van der Waals surface area contributed by atoms with Crippen molar-refractivity contribution in [2.45, 2.75) is 141 Å². The quantitative estimate of drug-likeness (QED) is 0.162. The molecule has 8 aromatic rings. The van der Waals surface area contributed by atoms with Gasteiger partial charge in [-0.2, -0.15) is 0 Å². The second-order valence-corrected chi connectivity index (χ2v) is 25.1. The van der Waals surface area contributed by atoms with E-state index in [-0.39, 0.29) is 28.4 Å². The maximum Gasteiger partial charge on any atom is 0.252 e. The lowest BCUT2D eigenvalue weighted by atomic mass is 9.33. The second kappa shape index (κ2) is 15.0. The highest BCUT2D eigenvalue weighted by Gasteiger charge is 2.48. The number of benzene rings is 7. The molecule has 0 amide bonds. The fourth-order valence-electron chi connectivity index (χ4n) is 13.8. The summed E-state index contributed by atoms with van der Waals surface area (Å²) >= 11 is 1.94. The second-order valence-electron chi connectivity index (χ2n) is 24.0. The van der Waals surface area contributed by atoms with E-state index in [9.17, 15) is 0 Å². The summed E-state index contributed by atoms with van der Waals surface area (Å²) in [6, 6.07) is 53.0. The summed E-state index contributed by atoms with van der Waals surface area (Å²) in [4.78, 5) is 5.53. The van der Waals surface area contributed by atoms with Crippen LogP contribution in [0.2, 0.25) is 0 Å². The van der Waals surface area contributed by atoms with Crippen LogP contribution in [0.3, 0.4) is 0 Å². The van der Waals surface area contributed by atoms with Gasteiger partial charge in [-0.15, -0.1) is 11.3 Å². The van der Waals surface area contributed by atoms with Gasteiger partial charge in [0.15, 0.2) is 0 Å². The molecule has 2 nitrogen and oxygen atoms in total. The van der Waals surface area contributed by atoms with Gasteiger partial charge in [-0.3, -0.25) is 0 Å². The standard InChI is InChI=1S/C64H65BN2S/c1-61(2)31-32-62(3,4)47-37-43(27-28-46(47)61)66-53-39-49-48(63(5,6)33-34-64(49,7)8)38-51(53)65-50-29-30-57-58(45-24-16-18-26-56(45)68-57)60(50)67(52-25-17-15-23-44(52)41-21-13-10-14-22-41)55-36-42(35-54(66)59(55)65)40-19-11-9-12-20-40/h10,13-18,21-30,35-40H,9,11-12,19-20,31-34H2,1-8H3. The third-order valence-corrected chi connectivity index (χ3v) is 19.1. The smallest absolute Gasteiger partial charge is 0.252 e. The predicted molar refractivity (Wildman–Crippen MR) is 295 cm³/mol. The van der Waals surface area contributed by atoms with Gasteiger partial charge < -0.3 is 9.80 Å². The maximum absolute atomic E-state index is 2.78. The molecular weight excluding hydrogens is 840 g/mol. The van der Waals surface area contributed by atoms with Crippen LogP contribution in [0.1, 0.15) is 147 Å². The van der Waals surface area contributed by atoms with Gasteiger partial charge in [-0.1, -0.05) is 160 Å². The van der Waals surface area contributed by atoms with Crippen molar-refractivity contribution in [1.29, 1.82) is 0 Å². The first kappa shape index (κ1) is 42.5. The lowest BCUT2D eigenvalue weighted by Crippen LogP contribution is -2.62. The topological polar surface area (TPSA) is 6.48 Å². The summed E-state index contributed by atoms with van der Waals surface area (Å²) in [6.07, 6.45) is 11.2. The van der Waals surface area contributed by atoms with Gasteiger partial charge in [0.1, 0.15) is 0 Å². The van der Waals surface area contributed by atoms with Crippen LogP contribution < -0.4 is 26.2 Å². The zero-order valence-electron chi connectivity index (χ0n) is 41.5. The van der Waals surface area contributed by atoms with E-state index in [2.05, 4.69) is 199 Å². The molecule has 0 radical (unpaired) electrons. The van der Waals surface area contributed by atoms with E-state index in [1.54, 1.807) is 0 Å². The Labute approximate surface area is 409 Å². The lowest BCUT2D eigenvalue weighted by Gasteiger charge is -2.48. The molecule has 7 aromatic carbocycles. The Balaban J connectivity index is 1.20. The largest absolute Gasteiger partial charge is 0.311 e. The van der Waals surface area contributed by atoms with Crippen molar-refractivity contribution in [3.63, 3.8) is 0 Å². The van der Waals surface area contributed by atoms with Gasteiger partial charge in [0.2, 0.25) is 0 Å². The van der Waals surface area contributed by atoms with Crippen LogP contribution in [0.15, 0.2) is 133 Å². The Morgan fingerprint density at radius 1 is 0.485 bits per heavy atom. The van der Waals surface area contributed by atoms with Crippen molar-refractivity contribution in [3.05, 3.63) is 161 Å². The highest BCUT2D eigenvalue weighted by Crippen LogP contribution is 2.55. The van der Waals surface area contributed by atoms with Crippen LogP contribution in [-0.2, 0) is 21.7 Å². The molecule has 0 N–H and O–H groups in total. The van der Waals surface area contributed by atoms with E-state index in [0.717, 1.165) is 0 Å². The van der Waals surface area contributed by atoms with Crippen LogP contribution in [0, 0.1) is 0 Å². The van der Waals surface area contributed by atoms with Gasteiger partial charge in [0, 0.05) is 48.5 Å². The Morgan fingerprint density at radius 3 is 1.84 bits per heavy atom. The van der Waals surface area contributed by atoms with Crippen LogP contribution >= 0.6 is 11.3 Å². The van der Waals surface area contributed by atoms with E-state index in [1.807, 2.05) is 11.3 Å². The number of fused-ring (bicyclic) bond motifs is 10. The zero-order chi connectivity index (χ0) is 46.5. The molecule has 0 spiro atoms. The van der Waals surface area contributed by atoms with Crippen LogP contribution in [0.4, 0.5) is 34.1 Å². The minimum absolute atomic E-state index is 0.0454. The zero-order valence-corrected chi connectivity index (χ0v) is 42.3. The van der Waals surface area contributed by atoms with Gasteiger partial charge in [-0.25, -0.2) is 0 Å². The van der Waals surface area contributed by atoms with Crippen molar-refractivity contribution in [3.8, 4) is 11.1 Å². The van der Waals surface area contributed by atoms with Crippen molar-refractivity contribution >= 4 is 88.7 Å². The monoisotopic (exact) mass is 904 g/mol. The van der Waals surface area contributed by atoms with E-state index in [4.69, 9.17) is 0 Å². The summed E-state index contributed by atoms with van der Waals surface area (Å²) in [6.45, 7) is 20.0. The average molecular weight is 905 g/mol. The Hall–Kier alpha value is -5.58.